The normalized spacial score (nSPS) is 18.0. The second-order valence-corrected chi connectivity index (χ2v) is 16.6. The van der Waals surface area contributed by atoms with Gasteiger partial charge in [0.25, 0.3) is 0 Å². The molecule has 8 rings (SSSR count). The number of fused-ring (bicyclic) bond motifs is 4. The maximum atomic E-state index is 12.9. The SMILES string of the molecule is CC(C)(C)OC(=O)NC1(c2nc3c([nH]2)CCc2cc(-c4ccc(-c5ccc6nc(C7CCCN7C(=O)OC(C)(C)C)[nH]c6c5)cc4)ccc2-3)CCC1. The molecule has 3 N–H and O–H groups in total. The van der Waals surface area contributed by atoms with Gasteiger partial charge in [-0.05, 0) is 126 Å². The van der Waals surface area contributed by atoms with E-state index in [2.05, 4.69) is 69.9 Å². The van der Waals surface area contributed by atoms with E-state index in [0.717, 1.165) is 101 Å². The first-order valence-corrected chi connectivity index (χ1v) is 18.6. The van der Waals surface area contributed by atoms with Crippen LogP contribution in [0.1, 0.15) is 103 Å². The molecule has 2 aliphatic carbocycles. The molecule has 1 saturated carbocycles. The fraction of sp³-hybridized carbons (Fsp3) is 0.429. The molecule has 10 heteroatoms. The van der Waals surface area contributed by atoms with Gasteiger partial charge in [-0.15, -0.1) is 0 Å². The molecule has 1 atom stereocenters. The predicted molar refractivity (Wildman–Crippen MR) is 202 cm³/mol. The van der Waals surface area contributed by atoms with Crippen LogP contribution in [0.5, 0.6) is 0 Å². The Morgan fingerprint density at radius 3 is 2.15 bits per heavy atom. The van der Waals surface area contributed by atoms with Crippen molar-refractivity contribution in [3.63, 3.8) is 0 Å². The van der Waals surface area contributed by atoms with Gasteiger partial charge in [0.15, 0.2) is 0 Å². The standard InChI is InChI=1S/C42H48N6O4/c1-40(2,3)51-38(49)47-42(20-8-21-42)37-45-32-19-16-29-23-27(14-17-30(29)35(32)46-37)25-10-12-26(13-11-25)28-15-18-31-33(24-28)44-36(43-31)34-9-7-22-48(34)39(50)52-41(4,5)6/h10-15,17-18,23-24,34H,7-9,16,19-22H2,1-6H3,(H,43,44)(H,45,46)(H,47,49). The van der Waals surface area contributed by atoms with E-state index in [0.29, 0.717) is 6.54 Å². The lowest BCUT2D eigenvalue weighted by molar-refractivity contribution is 0.0218. The number of carbonyl (C=O) groups excluding carboxylic acids is 2. The van der Waals surface area contributed by atoms with E-state index >= 15 is 0 Å². The maximum absolute atomic E-state index is 12.9. The molecule has 1 aliphatic heterocycles. The number of ether oxygens (including phenoxy) is 2. The number of H-pyrrole nitrogens is 2. The summed E-state index contributed by atoms with van der Waals surface area (Å²) >= 11 is 0. The van der Waals surface area contributed by atoms with E-state index in [9.17, 15) is 9.59 Å². The lowest BCUT2D eigenvalue weighted by Crippen LogP contribution is -2.52. The topological polar surface area (TPSA) is 125 Å². The lowest BCUT2D eigenvalue weighted by atomic mass is 9.76. The van der Waals surface area contributed by atoms with Gasteiger partial charge < -0.3 is 24.8 Å². The Morgan fingerprint density at radius 1 is 0.808 bits per heavy atom. The van der Waals surface area contributed by atoms with Crippen LogP contribution in [0.3, 0.4) is 0 Å². The van der Waals surface area contributed by atoms with Crippen molar-refractivity contribution in [2.24, 2.45) is 0 Å². The van der Waals surface area contributed by atoms with Crippen molar-refractivity contribution < 1.29 is 19.1 Å². The number of nitrogens with zero attached hydrogens (tertiary/aromatic N) is 3. The molecule has 5 aromatic rings. The first-order valence-electron chi connectivity index (χ1n) is 18.6. The molecule has 2 aromatic heterocycles. The number of aromatic nitrogens is 4. The molecule has 1 saturated heterocycles. The lowest BCUT2D eigenvalue weighted by Gasteiger charge is -2.40. The molecule has 1 unspecified atom stereocenters. The van der Waals surface area contributed by atoms with Crippen molar-refractivity contribution in [2.45, 2.75) is 109 Å². The third-order valence-electron chi connectivity index (χ3n) is 10.4. The van der Waals surface area contributed by atoms with Crippen LogP contribution in [-0.2, 0) is 27.9 Å². The second kappa shape index (κ2) is 12.5. The van der Waals surface area contributed by atoms with Crippen LogP contribution >= 0.6 is 0 Å². The molecule has 0 bridgehead atoms. The van der Waals surface area contributed by atoms with Crippen LogP contribution < -0.4 is 5.32 Å². The molecular formula is C42H48N6O4. The minimum absolute atomic E-state index is 0.121. The summed E-state index contributed by atoms with van der Waals surface area (Å²) < 4.78 is 11.3. The van der Waals surface area contributed by atoms with Gasteiger partial charge in [-0.2, -0.15) is 0 Å². The van der Waals surface area contributed by atoms with Crippen molar-refractivity contribution in [3.05, 3.63) is 83.6 Å². The Hall–Kier alpha value is -5.12. The third kappa shape index (κ3) is 6.55. The maximum Gasteiger partial charge on any atom is 0.410 e. The van der Waals surface area contributed by atoms with E-state index in [1.807, 2.05) is 47.6 Å². The number of rotatable bonds is 5. The monoisotopic (exact) mass is 700 g/mol. The Bertz CT molecular complexity index is 2160. The number of hydrogen-bond donors (Lipinski definition) is 3. The average molecular weight is 701 g/mol. The quantitative estimate of drug-likeness (QED) is 0.168. The molecular weight excluding hydrogens is 652 g/mol. The Labute approximate surface area is 304 Å². The smallest absolute Gasteiger partial charge is 0.410 e. The van der Waals surface area contributed by atoms with E-state index in [-0.39, 0.29) is 12.1 Å². The van der Waals surface area contributed by atoms with Gasteiger partial charge in [-0.3, -0.25) is 4.90 Å². The van der Waals surface area contributed by atoms with E-state index in [4.69, 9.17) is 19.4 Å². The van der Waals surface area contributed by atoms with Gasteiger partial charge in [0.2, 0.25) is 0 Å². The number of imidazole rings is 2. The molecule has 2 amide bonds. The number of carbonyl (C=O) groups is 2. The number of likely N-dealkylation sites (tertiary alicyclic amines) is 1. The summed E-state index contributed by atoms with van der Waals surface area (Å²) in [6.45, 7) is 12.0. The van der Waals surface area contributed by atoms with Crippen molar-refractivity contribution in [1.82, 2.24) is 30.2 Å². The molecule has 0 spiro atoms. The van der Waals surface area contributed by atoms with Crippen molar-refractivity contribution >= 4 is 23.2 Å². The summed E-state index contributed by atoms with van der Waals surface area (Å²) in [4.78, 5) is 44.5. The molecule has 0 radical (unpaired) electrons. The zero-order valence-electron chi connectivity index (χ0n) is 31.0. The van der Waals surface area contributed by atoms with Crippen molar-refractivity contribution in [1.29, 1.82) is 0 Å². The zero-order valence-corrected chi connectivity index (χ0v) is 31.0. The number of aromatic amines is 2. The molecule has 3 heterocycles. The molecule has 52 heavy (non-hydrogen) atoms. The van der Waals surface area contributed by atoms with E-state index in [1.165, 1.54) is 11.1 Å². The number of nitrogens with one attached hydrogen (secondary N) is 3. The first-order chi connectivity index (χ1) is 24.7. The van der Waals surface area contributed by atoms with Crippen LogP contribution in [0.2, 0.25) is 0 Å². The van der Waals surface area contributed by atoms with Crippen molar-refractivity contribution in [3.8, 4) is 33.5 Å². The van der Waals surface area contributed by atoms with Gasteiger partial charge in [0, 0.05) is 17.8 Å². The highest BCUT2D eigenvalue weighted by Crippen LogP contribution is 2.43. The highest BCUT2D eigenvalue weighted by molar-refractivity contribution is 5.83. The highest BCUT2D eigenvalue weighted by Gasteiger charge is 2.44. The summed E-state index contributed by atoms with van der Waals surface area (Å²) in [5, 5.41) is 3.14. The Balaban J connectivity index is 0.988. The Morgan fingerprint density at radius 2 is 1.48 bits per heavy atom. The fourth-order valence-corrected chi connectivity index (χ4v) is 7.77. The molecule has 10 nitrogen and oxygen atoms in total. The van der Waals surface area contributed by atoms with E-state index < -0.39 is 22.8 Å². The van der Waals surface area contributed by atoms with Gasteiger partial charge in [0.1, 0.15) is 28.4 Å². The number of benzene rings is 3. The number of alkyl carbamates (subject to hydrolysis) is 1. The minimum Gasteiger partial charge on any atom is -0.444 e. The van der Waals surface area contributed by atoms with Crippen LogP contribution in [-0.4, -0.2) is 54.8 Å². The van der Waals surface area contributed by atoms with Crippen LogP contribution in [0.15, 0.2) is 60.7 Å². The zero-order chi connectivity index (χ0) is 36.4. The van der Waals surface area contributed by atoms with Crippen LogP contribution in [0.25, 0.3) is 44.5 Å². The first kappa shape index (κ1) is 34.0. The van der Waals surface area contributed by atoms with Gasteiger partial charge in [-0.1, -0.05) is 48.5 Å². The minimum atomic E-state index is -0.558. The van der Waals surface area contributed by atoms with Gasteiger partial charge in [0.05, 0.1) is 22.8 Å². The summed E-state index contributed by atoms with van der Waals surface area (Å²) in [7, 11) is 0. The number of hydrogen-bond acceptors (Lipinski definition) is 6. The average Bonchev–Trinajstić information content (AvgIpc) is 3.82. The molecule has 270 valence electrons. The third-order valence-corrected chi connectivity index (χ3v) is 10.4. The second-order valence-electron chi connectivity index (χ2n) is 16.6. The predicted octanol–water partition coefficient (Wildman–Crippen LogP) is 9.36. The van der Waals surface area contributed by atoms with Crippen LogP contribution in [0.4, 0.5) is 9.59 Å². The summed E-state index contributed by atoms with van der Waals surface area (Å²) in [6.07, 6.45) is 5.59. The summed E-state index contributed by atoms with van der Waals surface area (Å²) in [5.74, 6) is 1.63. The molecule has 3 aliphatic rings. The molecule has 3 aromatic carbocycles. The number of aryl methyl sites for hydroxylation is 2. The van der Waals surface area contributed by atoms with E-state index in [1.54, 1.807) is 4.90 Å². The summed E-state index contributed by atoms with van der Waals surface area (Å²) in [6, 6.07) is 21.5. The molecule has 2 fully saturated rings. The summed E-state index contributed by atoms with van der Waals surface area (Å²) in [5.41, 5.74) is 9.31. The van der Waals surface area contributed by atoms with Crippen LogP contribution in [0, 0.1) is 0 Å². The fourth-order valence-electron chi connectivity index (χ4n) is 7.77. The highest BCUT2D eigenvalue weighted by atomic mass is 16.6. The van der Waals surface area contributed by atoms with Crippen molar-refractivity contribution in [2.75, 3.05) is 6.54 Å². The number of amides is 2. The van der Waals surface area contributed by atoms with Gasteiger partial charge >= 0.3 is 12.2 Å². The largest absolute Gasteiger partial charge is 0.444 e. The Kier molecular flexibility index (Phi) is 8.19. The van der Waals surface area contributed by atoms with Gasteiger partial charge in [-0.25, -0.2) is 19.6 Å².